The van der Waals surface area contributed by atoms with E-state index in [9.17, 15) is 0 Å². The zero-order chi connectivity index (χ0) is 15.1. The Hall–Kier alpha value is -1.96. The predicted molar refractivity (Wildman–Crippen MR) is 88.2 cm³/mol. The van der Waals surface area contributed by atoms with Crippen LogP contribution in [0.2, 0.25) is 0 Å². The first kappa shape index (κ1) is 14.0. The Balaban J connectivity index is 2.11. The summed E-state index contributed by atoms with van der Waals surface area (Å²) in [5.74, 6) is 1.34. The van der Waals surface area contributed by atoms with Crippen molar-refractivity contribution in [2.24, 2.45) is 0 Å². The van der Waals surface area contributed by atoms with Crippen LogP contribution < -0.4 is 10.5 Å². The minimum atomic E-state index is 0.299. The highest BCUT2D eigenvalue weighted by Gasteiger charge is 2.31. The minimum absolute atomic E-state index is 0.299. The molecule has 1 heterocycles. The van der Waals surface area contributed by atoms with Gasteiger partial charge in [0.2, 0.25) is 0 Å². The number of aryl methyl sites for hydroxylation is 1. The van der Waals surface area contributed by atoms with Gasteiger partial charge in [-0.05, 0) is 55.0 Å². The van der Waals surface area contributed by atoms with E-state index in [0.717, 1.165) is 23.4 Å². The van der Waals surface area contributed by atoms with Crippen LogP contribution in [-0.4, -0.2) is 6.61 Å². The average Bonchev–Trinajstić information content (AvgIpc) is 2.96. The van der Waals surface area contributed by atoms with Crippen LogP contribution in [0.4, 0.5) is 5.69 Å². The number of nitrogen functional groups attached to an aromatic ring is 1. The first-order valence-electron chi connectivity index (χ1n) is 7.65. The lowest BCUT2D eigenvalue weighted by Crippen LogP contribution is -2.05. The molecule has 2 heteroatoms. The number of benzene rings is 2. The number of hydrogen-bond acceptors (Lipinski definition) is 2. The third-order valence-corrected chi connectivity index (χ3v) is 4.89. The smallest absolute Gasteiger partial charge is 0.126 e. The number of nitrogens with two attached hydrogens (primary N) is 1. The molecule has 1 aliphatic heterocycles. The van der Waals surface area contributed by atoms with E-state index in [1.165, 1.54) is 27.8 Å². The van der Waals surface area contributed by atoms with Gasteiger partial charge in [-0.3, -0.25) is 0 Å². The van der Waals surface area contributed by atoms with Crippen molar-refractivity contribution >= 4 is 5.69 Å². The van der Waals surface area contributed by atoms with Crippen molar-refractivity contribution in [2.45, 2.75) is 40.0 Å². The molecule has 0 radical (unpaired) electrons. The van der Waals surface area contributed by atoms with E-state index in [-0.39, 0.29) is 0 Å². The predicted octanol–water partition coefficient (Wildman–Crippen LogP) is 4.28. The normalized spacial score (nSPS) is 16.7. The molecule has 2 nitrogen and oxygen atoms in total. The molecule has 0 spiro atoms. The third-order valence-electron chi connectivity index (χ3n) is 4.89. The summed E-state index contributed by atoms with van der Waals surface area (Å²) in [6.07, 6.45) is 1.07. The lowest BCUT2D eigenvalue weighted by molar-refractivity contribution is 0.341. The standard InChI is InChI=1S/C19H23NO/c1-5-14-6-8-15(9-7-14)16-10-21-19-12(3)11(2)18(20)13(4)17(16)19/h6-9,16H,5,10,20H2,1-4H3/t16-/m0/s1. The van der Waals surface area contributed by atoms with Gasteiger partial charge < -0.3 is 10.5 Å². The van der Waals surface area contributed by atoms with Gasteiger partial charge in [0.15, 0.2) is 0 Å². The first-order valence-corrected chi connectivity index (χ1v) is 7.65. The van der Waals surface area contributed by atoms with Gasteiger partial charge in [-0.2, -0.15) is 0 Å². The fourth-order valence-electron chi connectivity index (χ4n) is 3.28. The molecule has 0 amide bonds. The van der Waals surface area contributed by atoms with E-state index >= 15 is 0 Å². The molecule has 2 aromatic carbocycles. The molecule has 0 bridgehead atoms. The maximum Gasteiger partial charge on any atom is 0.126 e. The number of fused-ring (bicyclic) bond motifs is 1. The van der Waals surface area contributed by atoms with Gasteiger partial charge in [-0.1, -0.05) is 31.2 Å². The molecule has 0 fully saturated rings. The summed E-state index contributed by atoms with van der Waals surface area (Å²) >= 11 is 0. The summed E-state index contributed by atoms with van der Waals surface area (Å²) < 4.78 is 6.01. The van der Waals surface area contributed by atoms with Crippen molar-refractivity contribution in [3.05, 3.63) is 57.6 Å². The van der Waals surface area contributed by atoms with Crippen LogP contribution in [0.3, 0.4) is 0 Å². The van der Waals surface area contributed by atoms with Crippen LogP contribution >= 0.6 is 0 Å². The topological polar surface area (TPSA) is 35.2 Å². The van der Waals surface area contributed by atoms with E-state index in [2.05, 4.69) is 52.0 Å². The van der Waals surface area contributed by atoms with Crippen LogP contribution in [0, 0.1) is 20.8 Å². The molecule has 1 atom stereocenters. The molecule has 0 aromatic heterocycles. The molecule has 1 aliphatic rings. The Morgan fingerprint density at radius 3 is 2.33 bits per heavy atom. The van der Waals surface area contributed by atoms with Crippen molar-refractivity contribution < 1.29 is 4.74 Å². The molecule has 0 unspecified atom stereocenters. The second-order valence-electron chi connectivity index (χ2n) is 5.99. The van der Waals surface area contributed by atoms with E-state index in [4.69, 9.17) is 10.5 Å². The third kappa shape index (κ3) is 2.10. The van der Waals surface area contributed by atoms with Crippen molar-refractivity contribution in [2.75, 3.05) is 12.3 Å². The Morgan fingerprint density at radius 1 is 1.05 bits per heavy atom. The molecule has 2 aromatic rings. The molecular formula is C19H23NO. The van der Waals surface area contributed by atoms with E-state index in [1.54, 1.807) is 0 Å². The van der Waals surface area contributed by atoms with Crippen LogP contribution in [-0.2, 0) is 6.42 Å². The van der Waals surface area contributed by atoms with Crippen molar-refractivity contribution in [3.8, 4) is 5.75 Å². The fraction of sp³-hybridized carbons (Fsp3) is 0.368. The molecule has 0 aliphatic carbocycles. The highest BCUT2D eigenvalue weighted by molar-refractivity contribution is 5.68. The fourth-order valence-corrected chi connectivity index (χ4v) is 3.28. The van der Waals surface area contributed by atoms with Crippen LogP contribution in [0.1, 0.15) is 46.2 Å². The number of hydrogen-bond donors (Lipinski definition) is 1. The first-order chi connectivity index (χ1) is 10.0. The van der Waals surface area contributed by atoms with Crippen LogP contribution in [0.25, 0.3) is 0 Å². The van der Waals surface area contributed by atoms with Gasteiger partial charge in [-0.15, -0.1) is 0 Å². The highest BCUT2D eigenvalue weighted by atomic mass is 16.5. The molecule has 2 N–H and O–H groups in total. The van der Waals surface area contributed by atoms with Gasteiger partial charge in [0.1, 0.15) is 5.75 Å². The summed E-state index contributed by atoms with van der Waals surface area (Å²) in [6.45, 7) is 9.19. The summed E-state index contributed by atoms with van der Waals surface area (Å²) in [5.41, 5.74) is 14.7. The molecule has 3 rings (SSSR count). The monoisotopic (exact) mass is 281 g/mol. The Labute approximate surface area is 126 Å². The molecule has 21 heavy (non-hydrogen) atoms. The number of ether oxygens (including phenoxy) is 1. The SMILES string of the molecule is CCc1ccc([C@@H]2COc3c(C)c(C)c(N)c(C)c32)cc1. The maximum atomic E-state index is 6.29. The summed E-state index contributed by atoms with van der Waals surface area (Å²) in [5, 5.41) is 0. The van der Waals surface area contributed by atoms with Gasteiger partial charge in [0.05, 0.1) is 6.61 Å². The largest absolute Gasteiger partial charge is 0.492 e. The molecule has 0 saturated heterocycles. The Kier molecular flexibility index (Phi) is 3.40. The minimum Gasteiger partial charge on any atom is -0.492 e. The number of rotatable bonds is 2. The number of anilines is 1. The van der Waals surface area contributed by atoms with Crippen molar-refractivity contribution in [1.29, 1.82) is 0 Å². The van der Waals surface area contributed by atoms with E-state index in [1.807, 2.05) is 0 Å². The van der Waals surface area contributed by atoms with E-state index < -0.39 is 0 Å². The van der Waals surface area contributed by atoms with Crippen molar-refractivity contribution in [1.82, 2.24) is 0 Å². The van der Waals surface area contributed by atoms with Crippen LogP contribution in [0.15, 0.2) is 24.3 Å². The van der Waals surface area contributed by atoms with Crippen molar-refractivity contribution in [3.63, 3.8) is 0 Å². The lowest BCUT2D eigenvalue weighted by Gasteiger charge is -2.17. The molecule has 0 saturated carbocycles. The molecule has 110 valence electrons. The zero-order valence-corrected chi connectivity index (χ0v) is 13.3. The summed E-state index contributed by atoms with van der Waals surface area (Å²) in [6, 6.07) is 8.89. The van der Waals surface area contributed by atoms with Gasteiger partial charge in [-0.25, -0.2) is 0 Å². The quantitative estimate of drug-likeness (QED) is 0.834. The Morgan fingerprint density at radius 2 is 1.71 bits per heavy atom. The van der Waals surface area contributed by atoms with Crippen LogP contribution in [0.5, 0.6) is 5.75 Å². The maximum absolute atomic E-state index is 6.29. The summed E-state index contributed by atoms with van der Waals surface area (Å²) in [4.78, 5) is 0. The Bertz CT molecular complexity index is 686. The zero-order valence-electron chi connectivity index (χ0n) is 13.3. The van der Waals surface area contributed by atoms with Gasteiger partial charge in [0, 0.05) is 17.2 Å². The van der Waals surface area contributed by atoms with E-state index in [0.29, 0.717) is 12.5 Å². The van der Waals surface area contributed by atoms with Gasteiger partial charge in [0.25, 0.3) is 0 Å². The second kappa shape index (κ2) is 5.10. The second-order valence-corrected chi connectivity index (χ2v) is 5.99. The average molecular weight is 281 g/mol. The summed E-state index contributed by atoms with van der Waals surface area (Å²) in [7, 11) is 0. The lowest BCUT2D eigenvalue weighted by atomic mass is 9.86. The van der Waals surface area contributed by atoms with Gasteiger partial charge >= 0.3 is 0 Å². The molecular weight excluding hydrogens is 258 g/mol. The highest BCUT2D eigenvalue weighted by Crippen LogP contribution is 2.45.